The van der Waals surface area contributed by atoms with Crippen LogP contribution in [0.25, 0.3) is 0 Å². The molecule has 0 radical (unpaired) electrons. The molecule has 0 aliphatic heterocycles. The van der Waals surface area contributed by atoms with Crippen molar-refractivity contribution in [3.8, 4) is 5.75 Å². The van der Waals surface area contributed by atoms with Gasteiger partial charge in [-0.15, -0.1) is 0 Å². The maximum absolute atomic E-state index is 11.8. The molecule has 138 valence electrons. The van der Waals surface area contributed by atoms with Crippen molar-refractivity contribution in [1.29, 1.82) is 0 Å². The number of ether oxygens (including phenoxy) is 2. The van der Waals surface area contributed by atoms with E-state index in [0.29, 0.717) is 16.7 Å². The van der Waals surface area contributed by atoms with Crippen LogP contribution >= 0.6 is 15.9 Å². The lowest BCUT2D eigenvalue weighted by Gasteiger charge is -2.21. The summed E-state index contributed by atoms with van der Waals surface area (Å²) in [6.07, 6.45) is 1.38. The van der Waals surface area contributed by atoms with Crippen molar-refractivity contribution in [1.82, 2.24) is 0 Å². The smallest absolute Gasteiger partial charge is 0.438 e. The number of halogens is 1. The van der Waals surface area contributed by atoms with Crippen molar-refractivity contribution < 1.29 is 19.5 Å². The standard InChI is InChI=1S/C20H22BrNO4/c1-12-9-17(21)19(10-13(12)2)26-11-16-15(14-7-8-14)5-4-6-18(16)22(24)20(23)25-3/h4-6,9-10,14,24H,7-8,11H2,1-3H3. The lowest BCUT2D eigenvalue weighted by molar-refractivity contribution is 0.140. The minimum atomic E-state index is -0.827. The highest BCUT2D eigenvalue weighted by Crippen LogP contribution is 2.44. The number of nitrogens with zero attached hydrogens (tertiary/aromatic N) is 1. The topological polar surface area (TPSA) is 59.0 Å². The van der Waals surface area contributed by atoms with Crippen LogP contribution in [0.1, 0.15) is 41.0 Å². The number of hydrogen-bond acceptors (Lipinski definition) is 4. The first kappa shape index (κ1) is 18.7. The van der Waals surface area contributed by atoms with Crippen molar-refractivity contribution in [3.05, 3.63) is 57.1 Å². The maximum atomic E-state index is 11.8. The van der Waals surface area contributed by atoms with Crippen LogP contribution in [0, 0.1) is 13.8 Å². The monoisotopic (exact) mass is 419 g/mol. The van der Waals surface area contributed by atoms with Gasteiger partial charge in [-0.1, -0.05) is 12.1 Å². The molecular weight excluding hydrogens is 398 g/mol. The van der Waals surface area contributed by atoms with E-state index in [9.17, 15) is 10.0 Å². The first-order valence-corrected chi connectivity index (χ1v) is 9.30. The van der Waals surface area contributed by atoms with Crippen LogP contribution in [0.2, 0.25) is 0 Å². The zero-order chi connectivity index (χ0) is 18.8. The molecule has 3 rings (SSSR count). The summed E-state index contributed by atoms with van der Waals surface area (Å²) in [7, 11) is 1.23. The molecule has 0 heterocycles. The predicted molar refractivity (Wildman–Crippen MR) is 103 cm³/mol. The minimum absolute atomic E-state index is 0.247. The van der Waals surface area contributed by atoms with Crippen LogP contribution in [-0.2, 0) is 11.3 Å². The number of carbonyl (C=O) groups excluding carboxylic acids is 1. The van der Waals surface area contributed by atoms with Crippen molar-refractivity contribution in [2.75, 3.05) is 12.2 Å². The van der Waals surface area contributed by atoms with Crippen molar-refractivity contribution in [2.24, 2.45) is 0 Å². The Labute approximate surface area is 161 Å². The number of carbonyl (C=O) groups is 1. The van der Waals surface area contributed by atoms with Gasteiger partial charge in [-0.05, 0) is 83.4 Å². The summed E-state index contributed by atoms with van der Waals surface area (Å²) in [5, 5.41) is 10.8. The third kappa shape index (κ3) is 3.86. The number of benzene rings is 2. The summed E-state index contributed by atoms with van der Waals surface area (Å²) in [6, 6.07) is 9.56. The molecule has 0 bridgehead atoms. The van der Waals surface area contributed by atoms with Crippen LogP contribution in [0.3, 0.4) is 0 Å². The number of hydroxylamine groups is 1. The Hall–Kier alpha value is -2.05. The molecule has 6 heteroatoms. The molecule has 1 N–H and O–H groups in total. The first-order valence-electron chi connectivity index (χ1n) is 8.50. The molecule has 2 aromatic rings. The lowest BCUT2D eigenvalue weighted by atomic mass is 10.0. The Kier molecular flexibility index (Phi) is 5.53. The highest BCUT2D eigenvalue weighted by atomic mass is 79.9. The van der Waals surface area contributed by atoms with Gasteiger partial charge in [0.25, 0.3) is 0 Å². The van der Waals surface area contributed by atoms with E-state index in [1.54, 1.807) is 6.07 Å². The minimum Gasteiger partial charge on any atom is -0.488 e. The third-order valence-corrected chi connectivity index (χ3v) is 5.32. The van der Waals surface area contributed by atoms with Gasteiger partial charge >= 0.3 is 6.09 Å². The summed E-state index contributed by atoms with van der Waals surface area (Å²) >= 11 is 3.54. The quantitative estimate of drug-likeness (QED) is 0.514. The van der Waals surface area contributed by atoms with Gasteiger partial charge in [0.2, 0.25) is 0 Å². The van der Waals surface area contributed by atoms with E-state index in [1.165, 1.54) is 12.7 Å². The second-order valence-electron chi connectivity index (χ2n) is 6.56. The number of hydrogen-bond donors (Lipinski definition) is 1. The van der Waals surface area contributed by atoms with Gasteiger partial charge in [0.05, 0.1) is 17.3 Å². The van der Waals surface area contributed by atoms with Gasteiger partial charge in [-0.25, -0.2) is 4.79 Å². The van der Waals surface area contributed by atoms with Crippen LogP contribution < -0.4 is 9.80 Å². The van der Waals surface area contributed by atoms with E-state index in [0.717, 1.165) is 39.8 Å². The Morgan fingerprint density at radius 1 is 1.27 bits per heavy atom. The van der Waals surface area contributed by atoms with E-state index in [4.69, 9.17) is 4.74 Å². The van der Waals surface area contributed by atoms with Crippen LogP contribution in [-0.4, -0.2) is 18.4 Å². The van der Waals surface area contributed by atoms with E-state index >= 15 is 0 Å². The van der Waals surface area contributed by atoms with Gasteiger partial charge in [0.15, 0.2) is 0 Å². The van der Waals surface area contributed by atoms with Gasteiger partial charge in [0, 0.05) is 5.56 Å². The highest BCUT2D eigenvalue weighted by molar-refractivity contribution is 9.10. The second-order valence-corrected chi connectivity index (χ2v) is 7.41. The van der Waals surface area contributed by atoms with Crippen molar-refractivity contribution in [3.63, 3.8) is 0 Å². The van der Waals surface area contributed by atoms with Crippen LogP contribution in [0.15, 0.2) is 34.8 Å². The number of anilines is 1. The van der Waals surface area contributed by atoms with Gasteiger partial charge < -0.3 is 9.47 Å². The van der Waals surface area contributed by atoms with Crippen LogP contribution in [0.4, 0.5) is 10.5 Å². The SMILES string of the molecule is COC(=O)N(O)c1cccc(C2CC2)c1COc1cc(C)c(C)cc1Br. The largest absolute Gasteiger partial charge is 0.488 e. The lowest BCUT2D eigenvalue weighted by Crippen LogP contribution is -2.28. The maximum Gasteiger partial charge on any atom is 0.438 e. The molecule has 0 aromatic heterocycles. The van der Waals surface area contributed by atoms with Crippen molar-refractivity contribution in [2.45, 2.75) is 39.2 Å². The van der Waals surface area contributed by atoms with Crippen molar-refractivity contribution >= 4 is 27.7 Å². The molecule has 0 atom stereocenters. The van der Waals surface area contributed by atoms with E-state index in [2.05, 4.69) is 20.7 Å². The summed E-state index contributed by atoms with van der Waals surface area (Å²) in [5.74, 6) is 1.18. The van der Waals surface area contributed by atoms with Crippen LogP contribution in [0.5, 0.6) is 5.75 Å². The molecule has 1 aliphatic carbocycles. The molecule has 2 aromatic carbocycles. The highest BCUT2D eigenvalue weighted by Gasteiger charge is 2.29. The van der Waals surface area contributed by atoms with Gasteiger partial charge in [-0.3, -0.25) is 5.21 Å². The van der Waals surface area contributed by atoms with E-state index in [-0.39, 0.29) is 6.61 Å². The summed E-state index contributed by atoms with van der Waals surface area (Å²) < 4.78 is 11.6. The molecule has 0 unspecified atom stereocenters. The Morgan fingerprint density at radius 2 is 1.96 bits per heavy atom. The van der Waals surface area contributed by atoms with E-state index in [1.807, 2.05) is 38.1 Å². The molecule has 0 saturated heterocycles. The summed E-state index contributed by atoms with van der Waals surface area (Å²) in [4.78, 5) is 11.8. The average Bonchev–Trinajstić information content (AvgIpc) is 3.47. The summed E-state index contributed by atoms with van der Waals surface area (Å²) in [6.45, 7) is 4.33. The molecule has 5 nitrogen and oxygen atoms in total. The number of rotatable bonds is 5. The molecule has 1 amide bonds. The number of methoxy groups -OCH3 is 1. The predicted octanol–water partition coefficient (Wildman–Crippen LogP) is 5.48. The average molecular weight is 420 g/mol. The zero-order valence-corrected chi connectivity index (χ0v) is 16.7. The molecular formula is C20H22BrNO4. The van der Waals surface area contributed by atoms with Gasteiger partial charge in [0.1, 0.15) is 12.4 Å². The molecule has 26 heavy (non-hydrogen) atoms. The fraction of sp³-hybridized carbons (Fsp3) is 0.350. The fourth-order valence-corrected chi connectivity index (χ4v) is 3.50. The Bertz CT molecular complexity index is 833. The Morgan fingerprint density at radius 3 is 2.62 bits per heavy atom. The molecule has 1 aliphatic rings. The normalized spacial score (nSPS) is 13.4. The second kappa shape index (κ2) is 7.68. The molecule has 1 saturated carbocycles. The zero-order valence-electron chi connectivity index (χ0n) is 15.1. The first-order chi connectivity index (χ1) is 12.4. The molecule has 0 spiro atoms. The summed E-state index contributed by atoms with van der Waals surface area (Å²) in [5.41, 5.74) is 4.60. The van der Waals surface area contributed by atoms with E-state index < -0.39 is 6.09 Å². The van der Waals surface area contributed by atoms with Gasteiger partial charge in [-0.2, -0.15) is 5.06 Å². The third-order valence-electron chi connectivity index (χ3n) is 4.70. The number of aryl methyl sites for hydroxylation is 2. The Balaban J connectivity index is 1.93. The fourth-order valence-electron chi connectivity index (χ4n) is 2.92. The molecule has 1 fully saturated rings. The number of amides is 1.